The fraction of sp³-hybridized carbons (Fsp3) is 0.562. The maximum absolute atomic E-state index is 10.9. The highest BCUT2D eigenvalue weighted by molar-refractivity contribution is 5.70. The molecule has 3 nitrogen and oxygen atoms in total. The smallest absolute Gasteiger partial charge is 0.306 e. The molecular weight excluding hydrogens is 238 g/mol. The van der Waals surface area contributed by atoms with Gasteiger partial charge in [-0.1, -0.05) is 17.7 Å². The number of rotatable bonds is 4. The number of carboxylic acid groups (broad SMARTS) is 1. The minimum atomic E-state index is -0.620. The fourth-order valence-electron chi connectivity index (χ4n) is 2.88. The quantitative estimate of drug-likeness (QED) is 0.904. The normalized spacial score (nSPS) is 23.1. The lowest BCUT2D eigenvalue weighted by molar-refractivity contribution is -0.143. The molecule has 0 heterocycles. The van der Waals surface area contributed by atoms with Crippen LogP contribution in [0.15, 0.2) is 24.3 Å². The Morgan fingerprint density at radius 3 is 2.32 bits per heavy atom. The van der Waals surface area contributed by atoms with Gasteiger partial charge in [0.15, 0.2) is 0 Å². The number of carboxylic acids is 1. The second-order valence-electron chi connectivity index (χ2n) is 5.77. The second kappa shape index (κ2) is 6.09. The van der Waals surface area contributed by atoms with E-state index in [1.165, 1.54) is 11.3 Å². The Morgan fingerprint density at radius 2 is 1.79 bits per heavy atom. The van der Waals surface area contributed by atoms with Gasteiger partial charge in [-0.05, 0) is 50.7 Å². The number of carbonyl (C=O) groups is 1. The summed E-state index contributed by atoms with van der Waals surface area (Å²) in [6.45, 7) is 3.12. The molecule has 1 aromatic carbocycles. The molecule has 0 atom stereocenters. The molecule has 0 spiro atoms. The maximum atomic E-state index is 10.9. The van der Waals surface area contributed by atoms with E-state index < -0.39 is 5.97 Å². The van der Waals surface area contributed by atoms with E-state index in [0.717, 1.165) is 32.2 Å². The van der Waals surface area contributed by atoms with Gasteiger partial charge in [0, 0.05) is 19.3 Å². The molecule has 1 saturated carbocycles. The van der Waals surface area contributed by atoms with Gasteiger partial charge >= 0.3 is 5.97 Å². The molecule has 0 unspecified atom stereocenters. The maximum Gasteiger partial charge on any atom is 0.306 e. The van der Waals surface area contributed by atoms with Crippen molar-refractivity contribution >= 4 is 11.7 Å². The van der Waals surface area contributed by atoms with Gasteiger partial charge in [-0.2, -0.15) is 0 Å². The highest BCUT2D eigenvalue weighted by Gasteiger charge is 2.26. The van der Waals surface area contributed by atoms with E-state index in [4.69, 9.17) is 5.11 Å². The first kappa shape index (κ1) is 13.9. The van der Waals surface area contributed by atoms with E-state index >= 15 is 0 Å². The second-order valence-corrected chi connectivity index (χ2v) is 5.77. The van der Waals surface area contributed by atoms with Crippen LogP contribution in [0.5, 0.6) is 0 Å². The summed E-state index contributed by atoms with van der Waals surface area (Å²) in [6, 6.07) is 8.57. The molecule has 0 saturated heterocycles. The third-order valence-electron chi connectivity index (χ3n) is 4.20. The Labute approximate surface area is 115 Å². The van der Waals surface area contributed by atoms with E-state index in [9.17, 15) is 4.79 Å². The third kappa shape index (κ3) is 3.72. The SMILES string of the molecule is Cc1ccc(N(C)CC2CCC(C(=O)O)CC2)cc1. The van der Waals surface area contributed by atoms with Gasteiger partial charge < -0.3 is 10.0 Å². The van der Waals surface area contributed by atoms with Crippen molar-refractivity contribution in [3.05, 3.63) is 29.8 Å². The largest absolute Gasteiger partial charge is 0.481 e. The number of hydrogen-bond acceptors (Lipinski definition) is 2. The molecule has 1 N–H and O–H groups in total. The first-order valence-electron chi connectivity index (χ1n) is 7.07. The number of anilines is 1. The summed E-state index contributed by atoms with van der Waals surface area (Å²) >= 11 is 0. The van der Waals surface area contributed by atoms with Crippen molar-refractivity contribution in [3.8, 4) is 0 Å². The molecule has 3 heteroatoms. The molecule has 0 aliphatic heterocycles. The highest BCUT2D eigenvalue weighted by Crippen LogP contribution is 2.30. The number of aryl methyl sites for hydroxylation is 1. The lowest BCUT2D eigenvalue weighted by Crippen LogP contribution is -2.30. The molecule has 19 heavy (non-hydrogen) atoms. The zero-order valence-electron chi connectivity index (χ0n) is 11.8. The molecule has 0 bridgehead atoms. The van der Waals surface area contributed by atoms with Crippen molar-refractivity contribution in [1.82, 2.24) is 0 Å². The van der Waals surface area contributed by atoms with Gasteiger partial charge in [0.1, 0.15) is 0 Å². The van der Waals surface area contributed by atoms with Gasteiger partial charge in [0.2, 0.25) is 0 Å². The summed E-state index contributed by atoms with van der Waals surface area (Å²) < 4.78 is 0. The van der Waals surface area contributed by atoms with Crippen LogP contribution in [-0.4, -0.2) is 24.7 Å². The van der Waals surface area contributed by atoms with Crippen LogP contribution in [-0.2, 0) is 4.79 Å². The summed E-state index contributed by atoms with van der Waals surface area (Å²) in [7, 11) is 2.12. The van der Waals surface area contributed by atoms with Crippen molar-refractivity contribution in [3.63, 3.8) is 0 Å². The molecule has 1 aromatic rings. The average Bonchev–Trinajstić information content (AvgIpc) is 2.40. The molecule has 2 rings (SSSR count). The fourth-order valence-corrected chi connectivity index (χ4v) is 2.88. The number of benzene rings is 1. The van der Waals surface area contributed by atoms with Gasteiger partial charge in [-0.25, -0.2) is 0 Å². The first-order chi connectivity index (χ1) is 9.06. The summed E-state index contributed by atoms with van der Waals surface area (Å²) in [4.78, 5) is 13.2. The van der Waals surface area contributed by atoms with Crippen LogP contribution < -0.4 is 4.90 Å². The lowest BCUT2D eigenvalue weighted by Gasteiger charge is -2.30. The van der Waals surface area contributed by atoms with Crippen molar-refractivity contribution in [2.75, 3.05) is 18.5 Å². The van der Waals surface area contributed by atoms with Crippen LogP contribution in [0.4, 0.5) is 5.69 Å². The van der Waals surface area contributed by atoms with Gasteiger partial charge in [0.05, 0.1) is 5.92 Å². The Morgan fingerprint density at radius 1 is 1.21 bits per heavy atom. The molecule has 104 valence electrons. The van der Waals surface area contributed by atoms with E-state index in [2.05, 4.69) is 43.1 Å². The molecule has 1 aliphatic rings. The Bertz CT molecular complexity index is 419. The van der Waals surface area contributed by atoms with E-state index in [-0.39, 0.29) is 5.92 Å². The molecule has 1 fully saturated rings. The highest BCUT2D eigenvalue weighted by atomic mass is 16.4. The topological polar surface area (TPSA) is 40.5 Å². The lowest BCUT2D eigenvalue weighted by atomic mass is 9.82. The van der Waals surface area contributed by atoms with Crippen LogP contribution in [0.2, 0.25) is 0 Å². The molecule has 0 radical (unpaired) electrons. The Balaban J connectivity index is 1.85. The van der Waals surface area contributed by atoms with Crippen LogP contribution in [0, 0.1) is 18.8 Å². The van der Waals surface area contributed by atoms with Crippen LogP contribution in [0.3, 0.4) is 0 Å². The van der Waals surface area contributed by atoms with E-state index in [1.807, 2.05) is 0 Å². The molecule has 0 aromatic heterocycles. The summed E-state index contributed by atoms with van der Waals surface area (Å²) in [5, 5.41) is 9.00. The zero-order valence-corrected chi connectivity index (χ0v) is 11.8. The standard InChI is InChI=1S/C16H23NO2/c1-12-3-9-15(10-4-12)17(2)11-13-5-7-14(8-6-13)16(18)19/h3-4,9-10,13-14H,5-8,11H2,1-2H3,(H,18,19). The number of aliphatic carboxylic acids is 1. The van der Waals surface area contributed by atoms with Gasteiger partial charge in [-0.15, -0.1) is 0 Å². The molecule has 1 aliphatic carbocycles. The Hall–Kier alpha value is -1.51. The van der Waals surface area contributed by atoms with Crippen LogP contribution >= 0.6 is 0 Å². The number of hydrogen-bond donors (Lipinski definition) is 1. The predicted octanol–water partition coefficient (Wildman–Crippen LogP) is 3.32. The summed E-state index contributed by atoms with van der Waals surface area (Å²) in [5.74, 6) is -0.104. The van der Waals surface area contributed by atoms with E-state index in [0.29, 0.717) is 5.92 Å². The summed E-state index contributed by atoms with van der Waals surface area (Å²) in [6.07, 6.45) is 3.74. The minimum Gasteiger partial charge on any atom is -0.481 e. The zero-order chi connectivity index (χ0) is 13.8. The monoisotopic (exact) mass is 261 g/mol. The summed E-state index contributed by atoms with van der Waals surface area (Å²) in [5.41, 5.74) is 2.52. The van der Waals surface area contributed by atoms with Crippen molar-refractivity contribution in [2.45, 2.75) is 32.6 Å². The average molecular weight is 261 g/mol. The van der Waals surface area contributed by atoms with Crippen molar-refractivity contribution in [2.24, 2.45) is 11.8 Å². The number of nitrogens with zero attached hydrogens (tertiary/aromatic N) is 1. The predicted molar refractivity (Wildman–Crippen MR) is 77.5 cm³/mol. The van der Waals surface area contributed by atoms with Crippen LogP contribution in [0.1, 0.15) is 31.2 Å². The minimum absolute atomic E-state index is 0.110. The molecular formula is C16H23NO2. The van der Waals surface area contributed by atoms with Crippen LogP contribution in [0.25, 0.3) is 0 Å². The third-order valence-corrected chi connectivity index (χ3v) is 4.20. The molecule has 0 amide bonds. The first-order valence-corrected chi connectivity index (χ1v) is 7.07. The van der Waals surface area contributed by atoms with Crippen molar-refractivity contribution in [1.29, 1.82) is 0 Å². The van der Waals surface area contributed by atoms with Gasteiger partial charge in [-0.3, -0.25) is 4.79 Å². The van der Waals surface area contributed by atoms with Crippen molar-refractivity contribution < 1.29 is 9.90 Å². The Kier molecular flexibility index (Phi) is 4.46. The van der Waals surface area contributed by atoms with E-state index in [1.54, 1.807) is 0 Å². The van der Waals surface area contributed by atoms with Gasteiger partial charge in [0.25, 0.3) is 0 Å².